The fourth-order valence-electron chi connectivity index (χ4n) is 2.32. The number of rotatable bonds is 2. The SMILES string of the molecule is C[C@@H]1CC(c2ccncc2[N+](=O)[O-])=C[C@H](N)C1. The summed E-state index contributed by atoms with van der Waals surface area (Å²) in [6, 6.07) is 1.68. The molecule has 0 bridgehead atoms. The maximum atomic E-state index is 10.9. The number of pyridine rings is 1. The third kappa shape index (κ3) is 2.50. The molecule has 17 heavy (non-hydrogen) atoms. The van der Waals surface area contributed by atoms with E-state index in [0.717, 1.165) is 18.4 Å². The smallest absolute Gasteiger partial charge is 0.294 e. The summed E-state index contributed by atoms with van der Waals surface area (Å²) in [4.78, 5) is 14.3. The summed E-state index contributed by atoms with van der Waals surface area (Å²) in [5.74, 6) is 0.456. The predicted molar refractivity (Wildman–Crippen MR) is 65.2 cm³/mol. The average Bonchev–Trinajstić information content (AvgIpc) is 2.27. The Labute approximate surface area is 99.5 Å². The van der Waals surface area contributed by atoms with E-state index < -0.39 is 4.92 Å². The van der Waals surface area contributed by atoms with Crippen LogP contribution in [0, 0.1) is 16.0 Å². The molecule has 1 aliphatic carbocycles. The summed E-state index contributed by atoms with van der Waals surface area (Å²) in [5, 5.41) is 10.9. The first-order valence-electron chi connectivity index (χ1n) is 5.63. The highest BCUT2D eigenvalue weighted by atomic mass is 16.6. The summed E-state index contributed by atoms with van der Waals surface area (Å²) < 4.78 is 0. The second-order valence-electron chi connectivity index (χ2n) is 4.55. The number of hydrogen-bond donors (Lipinski definition) is 1. The summed E-state index contributed by atoms with van der Waals surface area (Å²) in [5.41, 5.74) is 7.58. The van der Waals surface area contributed by atoms with Gasteiger partial charge in [-0.1, -0.05) is 13.0 Å². The van der Waals surface area contributed by atoms with Gasteiger partial charge in [-0.3, -0.25) is 15.1 Å². The van der Waals surface area contributed by atoms with Gasteiger partial charge < -0.3 is 5.73 Å². The first-order chi connectivity index (χ1) is 8.08. The van der Waals surface area contributed by atoms with Gasteiger partial charge >= 0.3 is 0 Å². The van der Waals surface area contributed by atoms with Gasteiger partial charge in [0.2, 0.25) is 0 Å². The molecular formula is C12H15N3O2. The lowest BCUT2D eigenvalue weighted by Crippen LogP contribution is -2.24. The lowest BCUT2D eigenvalue weighted by atomic mass is 9.84. The van der Waals surface area contributed by atoms with E-state index in [4.69, 9.17) is 5.73 Å². The van der Waals surface area contributed by atoms with Gasteiger partial charge in [-0.2, -0.15) is 0 Å². The number of hydrogen-bond acceptors (Lipinski definition) is 4. The highest BCUT2D eigenvalue weighted by Crippen LogP contribution is 2.34. The molecule has 2 atom stereocenters. The molecule has 1 aliphatic rings. The van der Waals surface area contributed by atoms with Crippen LogP contribution < -0.4 is 5.73 Å². The molecule has 0 spiro atoms. The normalized spacial score (nSPS) is 24.2. The Morgan fingerprint density at radius 3 is 3.00 bits per heavy atom. The number of aromatic nitrogens is 1. The third-order valence-electron chi connectivity index (χ3n) is 3.00. The molecule has 1 aromatic heterocycles. The summed E-state index contributed by atoms with van der Waals surface area (Å²) in [7, 11) is 0. The number of nitrogens with two attached hydrogens (primary N) is 1. The number of nitrogens with zero attached hydrogens (tertiary/aromatic N) is 2. The summed E-state index contributed by atoms with van der Waals surface area (Å²) in [6.07, 6.45) is 6.57. The van der Waals surface area contributed by atoms with Crippen LogP contribution in [0.5, 0.6) is 0 Å². The van der Waals surface area contributed by atoms with Crippen LogP contribution in [0.3, 0.4) is 0 Å². The van der Waals surface area contributed by atoms with Crippen LogP contribution in [0.15, 0.2) is 24.5 Å². The lowest BCUT2D eigenvalue weighted by molar-refractivity contribution is -0.385. The topological polar surface area (TPSA) is 82.0 Å². The standard InChI is InChI=1S/C12H15N3O2/c1-8-4-9(6-10(13)5-8)11-2-3-14-7-12(11)15(16)17/h2-3,6-8,10H,4-5,13H2,1H3/t8-,10-/m1/s1. The van der Waals surface area contributed by atoms with E-state index in [1.165, 1.54) is 6.20 Å². The van der Waals surface area contributed by atoms with Gasteiger partial charge in [-0.15, -0.1) is 0 Å². The molecule has 0 saturated heterocycles. The van der Waals surface area contributed by atoms with Gasteiger partial charge in [0.1, 0.15) is 6.20 Å². The van der Waals surface area contributed by atoms with E-state index in [2.05, 4.69) is 11.9 Å². The van der Waals surface area contributed by atoms with Crippen LogP contribution in [0.4, 0.5) is 5.69 Å². The van der Waals surface area contributed by atoms with Crippen molar-refractivity contribution in [2.75, 3.05) is 0 Å². The zero-order chi connectivity index (χ0) is 12.4. The summed E-state index contributed by atoms with van der Waals surface area (Å²) >= 11 is 0. The van der Waals surface area contributed by atoms with Crippen LogP contribution in [0.1, 0.15) is 25.3 Å². The van der Waals surface area contributed by atoms with Crippen molar-refractivity contribution >= 4 is 11.3 Å². The molecule has 1 heterocycles. The zero-order valence-corrected chi connectivity index (χ0v) is 9.67. The van der Waals surface area contributed by atoms with Gasteiger partial charge in [0, 0.05) is 12.2 Å². The molecule has 2 N–H and O–H groups in total. The summed E-state index contributed by atoms with van der Waals surface area (Å²) in [6.45, 7) is 2.11. The van der Waals surface area contributed by atoms with Crippen molar-refractivity contribution in [3.05, 3.63) is 40.2 Å². The van der Waals surface area contributed by atoms with Crippen LogP contribution in [-0.4, -0.2) is 15.9 Å². The Morgan fingerprint density at radius 1 is 1.59 bits per heavy atom. The average molecular weight is 233 g/mol. The van der Waals surface area contributed by atoms with Crippen LogP contribution in [-0.2, 0) is 0 Å². The van der Waals surface area contributed by atoms with E-state index in [1.807, 2.05) is 6.08 Å². The number of allylic oxidation sites excluding steroid dienone is 1. The second kappa shape index (κ2) is 4.63. The van der Waals surface area contributed by atoms with Crippen molar-refractivity contribution in [2.45, 2.75) is 25.8 Å². The molecule has 0 amide bonds. The Hall–Kier alpha value is -1.75. The Kier molecular flexibility index (Phi) is 3.19. The van der Waals surface area contributed by atoms with E-state index in [1.54, 1.807) is 12.3 Å². The highest BCUT2D eigenvalue weighted by Gasteiger charge is 2.23. The molecule has 5 nitrogen and oxygen atoms in total. The van der Waals surface area contributed by atoms with Gasteiger partial charge in [0.05, 0.1) is 10.5 Å². The Morgan fingerprint density at radius 2 is 2.35 bits per heavy atom. The van der Waals surface area contributed by atoms with Crippen molar-refractivity contribution in [1.29, 1.82) is 0 Å². The molecule has 0 unspecified atom stereocenters. The molecule has 0 aliphatic heterocycles. The van der Waals surface area contributed by atoms with Gasteiger partial charge in [0.25, 0.3) is 5.69 Å². The van der Waals surface area contributed by atoms with Gasteiger partial charge in [-0.05, 0) is 30.4 Å². The molecule has 1 aromatic rings. The van der Waals surface area contributed by atoms with Crippen molar-refractivity contribution in [3.63, 3.8) is 0 Å². The lowest BCUT2D eigenvalue weighted by Gasteiger charge is -2.23. The molecule has 2 rings (SSSR count). The molecule has 0 fully saturated rings. The van der Waals surface area contributed by atoms with Crippen molar-refractivity contribution in [2.24, 2.45) is 11.7 Å². The molecule has 5 heteroatoms. The van der Waals surface area contributed by atoms with E-state index in [-0.39, 0.29) is 11.7 Å². The Bertz CT molecular complexity index is 471. The minimum absolute atomic E-state index is 0.0125. The fraction of sp³-hybridized carbons (Fsp3) is 0.417. The van der Waals surface area contributed by atoms with Crippen molar-refractivity contribution in [1.82, 2.24) is 4.98 Å². The van der Waals surface area contributed by atoms with E-state index in [9.17, 15) is 10.1 Å². The largest absolute Gasteiger partial charge is 0.324 e. The van der Waals surface area contributed by atoms with Gasteiger partial charge in [-0.25, -0.2) is 0 Å². The zero-order valence-electron chi connectivity index (χ0n) is 9.67. The minimum Gasteiger partial charge on any atom is -0.324 e. The Balaban J connectivity index is 2.43. The maximum absolute atomic E-state index is 10.9. The molecule has 0 radical (unpaired) electrons. The molecule has 90 valence electrons. The van der Waals surface area contributed by atoms with Crippen molar-refractivity contribution in [3.8, 4) is 0 Å². The van der Waals surface area contributed by atoms with Crippen LogP contribution in [0.25, 0.3) is 5.57 Å². The quantitative estimate of drug-likeness (QED) is 0.626. The first kappa shape index (κ1) is 11.7. The molecular weight excluding hydrogens is 218 g/mol. The fourth-order valence-corrected chi connectivity index (χ4v) is 2.32. The predicted octanol–water partition coefficient (Wildman–Crippen LogP) is 2.13. The van der Waals surface area contributed by atoms with Gasteiger partial charge in [0.15, 0.2) is 0 Å². The highest BCUT2D eigenvalue weighted by molar-refractivity contribution is 5.73. The second-order valence-corrected chi connectivity index (χ2v) is 4.55. The molecule has 0 aromatic carbocycles. The first-order valence-corrected chi connectivity index (χ1v) is 5.63. The van der Waals surface area contributed by atoms with E-state index in [0.29, 0.717) is 11.5 Å². The maximum Gasteiger partial charge on any atom is 0.294 e. The van der Waals surface area contributed by atoms with E-state index >= 15 is 0 Å². The molecule has 0 saturated carbocycles. The van der Waals surface area contributed by atoms with Crippen LogP contribution in [0.2, 0.25) is 0 Å². The number of nitro groups is 1. The van der Waals surface area contributed by atoms with Crippen molar-refractivity contribution < 1.29 is 4.92 Å². The third-order valence-corrected chi connectivity index (χ3v) is 3.00. The minimum atomic E-state index is -0.395. The monoisotopic (exact) mass is 233 g/mol. The van der Waals surface area contributed by atoms with Crippen LogP contribution >= 0.6 is 0 Å².